The van der Waals surface area contributed by atoms with Crippen LogP contribution in [0.15, 0.2) is 42.5 Å². The zero-order valence-electron chi connectivity index (χ0n) is 18.4. The summed E-state index contributed by atoms with van der Waals surface area (Å²) in [5.74, 6) is -0.886. The van der Waals surface area contributed by atoms with Crippen LogP contribution in [-0.4, -0.2) is 51.0 Å². The van der Waals surface area contributed by atoms with E-state index in [9.17, 15) is 18.0 Å². The van der Waals surface area contributed by atoms with Gasteiger partial charge in [0, 0.05) is 23.6 Å². The van der Waals surface area contributed by atoms with Gasteiger partial charge in [-0.25, -0.2) is 8.42 Å². The molecule has 2 amide bonds. The minimum Gasteiger partial charge on any atom is -0.357 e. The molecule has 2 aromatic carbocycles. The second-order valence-electron chi connectivity index (χ2n) is 7.30. The van der Waals surface area contributed by atoms with Crippen LogP contribution in [0.4, 0.5) is 5.69 Å². The Hall–Kier alpha value is -2.29. The van der Waals surface area contributed by atoms with Crippen LogP contribution in [0, 0.1) is 6.92 Å². The number of halogens is 2. The Balaban J connectivity index is 2.49. The van der Waals surface area contributed by atoms with E-state index in [0.29, 0.717) is 33.3 Å². The molecule has 0 radical (unpaired) electrons. The first-order valence-electron chi connectivity index (χ1n) is 9.98. The Morgan fingerprint density at radius 1 is 1.06 bits per heavy atom. The molecule has 174 valence electrons. The third-order valence-electron chi connectivity index (χ3n) is 5.12. The highest BCUT2D eigenvalue weighted by Gasteiger charge is 2.32. The fourth-order valence-electron chi connectivity index (χ4n) is 3.36. The molecule has 7 nitrogen and oxygen atoms in total. The van der Waals surface area contributed by atoms with Crippen molar-refractivity contribution in [1.82, 2.24) is 10.2 Å². The summed E-state index contributed by atoms with van der Waals surface area (Å²) < 4.78 is 26.2. The largest absolute Gasteiger partial charge is 0.357 e. The number of benzene rings is 2. The predicted molar refractivity (Wildman–Crippen MR) is 129 cm³/mol. The van der Waals surface area contributed by atoms with Crippen LogP contribution in [0.3, 0.4) is 0 Å². The maximum Gasteiger partial charge on any atom is 0.244 e. The summed E-state index contributed by atoms with van der Waals surface area (Å²) in [6.45, 7) is 3.03. The van der Waals surface area contributed by atoms with Crippen molar-refractivity contribution in [3.8, 4) is 0 Å². The number of anilines is 1. The van der Waals surface area contributed by atoms with Crippen molar-refractivity contribution in [2.24, 2.45) is 0 Å². The highest BCUT2D eigenvalue weighted by molar-refractivity contribution is 7.92. The van der Waals surface area contributed by atoms with Crippen LogP contribution in [0.1, 0.15) is 24.5 Å². The molecule has 10 heteroatoms. The number of likely N-dealkylation sites (N-methyl/N-ethyl adjacent to an activating group) is 1. The summed E-state index contributed by atoms with van der Waals surface area (Å²) >= 11 is 12.5. The quantitative estimate of drug-likeness (QED) is 0.570. The molecular formula is C22H27Cl2N3O4S. The Morgan fingerprint density at radius 3 is 2.25 bits per heavy atom. The predicted octanol–water partition coefficient (Wildman–Crippen LogP) is 3.62. The van der Waals surface area contributed by atoms with Gasteiger partial charge in [-0.05, 0) is 42.7 Å². The van der Waals surface area contributed by atoms with Gasteiger partial charge in [-0.15, -0.1) is 0 Å². The highest BCUT2D eigenvalue weighted by Crippen LogP contribution is 2.29. The molecule has 0 aliphatic rings. The molecule has 0 spiro atoms. The molecule has 0 saturated carbocycles. The van der Waals surface area contributed by atoms with E-state index >= 15 is 0 Å². The van der Waals surface area contributed by atoms with Crippen molar-refractivity contribution in [1.29, 1.82) is 0 Å². The lowest BCUT2D eigenvalue weighted by molar-refractivity contribution is -0.140. The normalized spacial score (nSPS) is 12.2. The fraction of sp³-hybridized carbons (Fsp3) is 0.364. The third-order valence-corrected chi connectivity index (χ3v) is 7.02. The lowest BCUT2D eigenvalue weighted by atomic mass is 10.1. The number of hydrogen-bond acceptors (Lipinski definition) is 4. The molecule has 0 unspecified atom stereocenters. The van der Waals surface area contributed by atoms with E-state index in [4.69, 9.17) is 23.2 Å². The average Bonchev–Trinajstić information content (AvgIpc) is 2.74. The van der Waals surface area contributed by atoms with Gasteiger partial charge in [0.25, 0.3) is 0 Å². The van der Waals surface area contributed by atoms with Gasteiger partial charge in [0.2, 0.25) is 21.8 Å². The maximum absolute atomic E-state index is 13.5. The molecule has 1 atom stereocenters. The number of nitrogens with one attached hydrogen (secondary N) is 1. The fourth-order valence-corrected chi connectivity index (χ4v) is 4.62. The first-order chi connectivity index (χ1) is 15.0. The zero-order chi connectivity index (χ0) is 24.1. The molecular weight excluding hydrogens is 473 g/mol. The van der Waals surface area contributed by atoms with Gasteiger partial charge in [0.1, 0.15) is 12.6 Å². The van der Waals surface area contributed by atoms with Gasteiger partial charge in [-0.2, -0.15) is 0 Å². The van der Waals surface area contributed by atoms with Crippen molar-refractivity contribution in [3.05, 3.63) is 63.6 Å². The molecule has 1 N–H and O–H groups in total. The Labute approximate surface area is 199 Å². The highest BCUT2D eigenvalue weighted by atomic mass is 35.5. The van der Waals surface area contributed by atoms with Gasteiger partial charge >= 0.3 is 0 Å². The number of hydrogen-bond donors (Lipinski definition) is 1. The smallest absolute Gasteiger partial charge is 0.244 e. The number of carbonyl (C=O) groups is 2. The monoisotopic (exact) mass is 499 g/mol. The van der Waals surface area contributed by atoms with E-state index < -0.39 is 28.5 Å². The van der Waals surface area contributed by atoms with Crippen molar-refractivity contribution >= 4 is 50.7 Å². The second kappa shape index (κ2) is 11.0. The molecule has 0 fully saturated rings. The summed E-state index contributed by atoms with van der Waals surface area (Å²) in [6, 6.07) is 11.0. The molecule has 0 heterocycles. The minimum atomic E-state index is -3.82. The van der Waals surface area contributed by atoms with Crippen molar-refractivity contribution < 1.29 is 18.0 Å². The second-order valence-corrected chi connectivity index (χ2v) is 10.0. The first kappa shape index (κ1) is 26.0. The number of carbonyl (C=O) groups excluding carboxylic acids is 2. The van der Waals surface area contributed by atoms with Crippen LogP contribution < -0.4 is 9.62 Å². The van der Waals surface area contributed by atoms with Crippen molar-refractivity contribution in [2.45, 2.75) is 32.9 Å². The molecule has 0 bridgehead atoms. The van der Waals surface area contributed by atoms with E-state index in [-0.39, 0.29) is 12.5 Å². The van der Waals surface area contributed by atoms with E-state index in [1.54, 1.807) is 56.3 Å². The summed E-state index contributed by atoms with van der Waals surface area (Å²) in [7, 11) is -2.34. The molecule has 0 aliphatic carbocycles. The SMILES string of the molecule is CC[C@@H](C(=O)NC)N(Cc1ccccc1Cl)C(=O)CN(c1cccc(Cl)c1C)S(C)(=O)=O. The van der Waals surface area contributed by atoms with Gasteiger partial charge < -0.3 is 10.2 Å². The summed E-state index contributed by atoms with van der Waals surface area (Å²) in [5, 5.41) is 3.40. The lowest BCUT2D eigenvalue weighted by Gasteiger charge is -2.33. The van der Waals surface area contributed by atoms with E-state index in [2.05, 4.69) is 5.32 Å². The Bertz CT molecular complexity index is 1090. The molecule has 0 aromatic heterocycles. The van der Waals surface area contributed by atoms with Crippen LogP contribution in [0.5, 0.6) is 0 Å². The van der Waals surface area contributed by atoms with E-state index in [0.717, 1.165) is 10.6 Å². The van der Waals surface area contributed by atoms with E-state index in [1.807, 2.05) is 0 Å². The molecule has 0 aliphatic heterocycles. The first-order valence-corrected chi connectivity index (χ1v) is 12.6. The van der Waals surface area contributed by atoms with Crippen molar-refractivity contribution in [3.63, 3.8) is 0 Å². The van der Waals surface area contributed by atoms with Gasteiger partial charge in [-0.1, -0.05) is 54.4 Å². The molecule has 0 saturated heterocycles. The molecule has 32 heavy (non-hydrogen) atoms. The van der Waals surface area contributed by atoms with Crippen molar-refractivity contribution in [2.75, 3.05) is 24.2 Å². The number of amides is 2. The van der Waals surface area contributed by atoms with Crippen LogP contribution in [0.2, 0.25) is 10.0 Å². The Kier molecular flexibility index (Phi) is 8.95. The minimum absolute atomic E-state index is 0.0521. The zero-order valence-corrected chi connectivity index (χ0v) is 20.8. The summed E-state index contributed by atoms with van der Waals surface area (Å²) in [4.78, 5) is 27.4. The van der Waals surface area contributed by atoms with E-state index in [1.165, 1.54) is 11.9 Å². The third kappa shape index (κ3) is 6.15. The summed E-state index contributed by atoms with van der Waals surface area (Å²) in [5.41, 5.74) is 1.48. The lowest BCUT2D eigenvalue weighted by Crippen LogP contribution is -2.51. The van der Waals surface area contributed by atoms with Gasteiger partial charge in [0.15, 0.2) is 0 Å². The molecule has 2 aromatic rings. The average molecular weight is 500 g/mol. The van der Waals surface area contributed by atoms with Crippen LogP contribution in [0.25, 0.3) is 0 Å². The van der Waals surface area contributed by atoms with Crippen LogP contribution in [-0.2, 0) is 26.2 Å². The van der Waals surface area contributed by atoms with Gasteiger partial charge in [-0.3, -0.25) is 13.9 Å². The number of nitrogens with zero attached hydrogens (tertiary/aromatic N) is 2. The number of rotatable bonds is 9. The number of sulfonamides is 1. The topological polar surface area (TPSA) is 86.8 Å². The standard InChI is InChI=1S/C22H27Cl2N3O4S/c1-5-19(22(29)25-3)26(13-16-9-6-7-10-18(16)24)21(28)14-27(32(4,30)31)20-12-8-11-17(23)15(20)2/h6-12,19H,5,13-14H2,1-4H3,(H,25,29)/t19-/m0/s1. The van der Waals surface area contributed by atoms with Crippen LogP contribution >= 0.6 is 23.2 Å². The summed E-state index contributed by atoms with van der Waals surface area (Å²) in [6.07, 6.45) is 1.36. The van der Waals surface area contributed by atoms with Gasteiger partial charge in [0.05, 0.1) is 11.9 Å². The molecule has 2 rings (SSSR count). The Morgan fingerprint density at radius 2 is 1.69 bits per heavy atom. The maximum atomic E-state index is 13.5.